The van der Waals surface area contributed by atoms with Gasteiger partial charge in [0.05, 0.1) is 12.1 Å². The predicted molar refractivity (Wildman–Crippen MR) is 33.7 cm³/mol. The van der Waals surface area contributed by atoms with Crippen LogP contribution >= 0.6 is 0 Å². The Morgan fingerprint density at radius 1 is 1.78 bits per heavy atom. The van der Waals surface area contributed by atoms with E-state index in [-0.39, 0.29) is 12.3 Å². The summed E-state index contributed by atoms with van der Waals surface area (Å²) >= 11 is 0. The van der Waals surface area contributed by atoms with Gasteiger partial charge >= 0.3 is 0 Å². The molecule has 0 amide bonds. The average molecular weight is 132 g/mol. The highest BCUT2D eigenvalue weighted by molar-refractivity contribution is 5.81. The highest BCUT2D eigenvalue weighted by Gasteiger charge is 2.16. The molecule has 0 aromatic heterocycles. The Morgan fingerprint density at radius 3 is 2.33 bits per heavy atom. The minimum atomic E-state index is -0.900. The molecule has 1 unspecified atom stereocenters. The molecule has 4 nitrogen and oxygen atoms in total. The van der Waals surface area contributed by atoms with Crippen LogP contribution < -0.4 is 11.5 Å². The molecular formula is C5H12N2O2. The van der Waals surface area contributed by atoms with E-state index in [1.807, 2.05) is 0 Å². The maximum Gasteiger partial charge on any atom is 0.149 e. The first-order chi connectivity index (χ1) is 4.09. The second kappa shape index (κ2) is 3.55. The van der Waals surface area contributed by atoms with E-state index in [2.05, 4.69) is 0 Å². The van der Waals surface area contributed by atoms with Crippen LogP contribution in [0.4, 0.5) is 0 Å². The summed E-state index contributed by atoms with van der Waals surface area (Å²) < 4.78 is 0. The molecule has 4 heteroatoms. The lowest BCUT2D eigenvalue weighted by atomic mass is 10.1. The van der Waals surface area contributed by atoms with Crippen LogP contribution in [0.3, 0.4) is 0 Å². The van der Waals surface area contributed by atoms with E-state index >= 15 is 0 Å². The van der Waals surface area contributed by atoms with Crippen molar-refractivity contribution in [1.29, 1.82) is 0 Å². The van der Waals surface area contributed by atoms with Gasteiger partial charge in [0.25, 0.3) is 0 Å². The van der Waals surface area contributed by atoms with Crippen LogP contribution in [-0.2, 0) is 4.79 Å². The molecule has 0 saturated carbocycles. The zero-order valence-electron chi connectivity index (χ0n) is 5.37. The van der Waals surface area contributed by atoms with Crippen LogP contribution in [0.25, 0.3) is 0 Å². The molecule has 0 aliphatic rings. The zero-order chi connectivity index (χ0) is 7.44. The van der Waals surface area contributed by atoms with Crippen LogP contribution in [0.2, 0.25) is 0 Å². The molecule has 0 radical (unpaired) electrons. The fourth-order valence-corrected chi connectivity index (χ4v) is 0.418. The van der Waals surface area contributed by atoms with Crippen molar-refractivity contribution in [2.24, 2.45) is 11.5 Å². The van der Waals surface area contributed by atoms with Crippen LogP contribution in [0.1, 0.15) is 6.92 Å². The van der Waals surface area contributed by atoms with Gasteiger partial charge in [-0.05, 0) is 6.92 Å². The smallest absolute Gasteiger partial charge is 0.149 e. The third-order valence-corrected chi connectivity index (χ3v) is 1.13. The second-order valence-electron chi connectivity index (χ2n) is 1.94. The number of carbonyl (C=O) groups excluding carboxylic acids is 1. The molecule has 0 aromatic carbocycles. The molecule has 0 heterocycles. The van der Waals surface area contributed by atoms with Crippen LogP contribution in [0.15, 0.2) is 0 Å². The number of aliphatic hydroxyl groups is 1. The molecule has 0 spiro atoms. The van der Waals surface area contributed by atoms with Gasteiger partial charge in [0.15, 0.2) is 0 Å². The van der Waals surface area contributed by atoms with Gasteiger partial charge < -0.3 is 16.6 Å². The second-order valence-corrected chi connectivity index (χ2v) is 1.94. The van der Waals surface area contributed by atoms with E-state index in [9.17, 15) is 4.79 Å². The SMILES string of the molecule is CC(=O)C(N)[C@@H](O)CN. The molecule has 0 bridgehead atoms. The van der Waals surface area contributed by atoms with Crippen molar-refractivity contribution in [2.45, 2.75) is 19.1 Å². The van der Waals surface area contributed by atoms with Crippen molar-refractivity contribution in [1.82, 2.24) is 0 Å². The molecular weight excluding hydrogens is 120 g/mol. The van der Waals surface area contributed by atoms with Gasteiger partial charge in [0.2, 0.25) is 0 Å². The molecule has 2 atom stereocenters. The molecule has 54 valence electrons. The summed E-state index contributed by atoms with van der Waals surface area (Å²) in [5, 5.41) is 8.83. The Morgan fingerprint density at radius 2 is 2.22 bits per heavy atom. The number of Topliss-reactive ketones (excluding diaryl/α,β-unsaturated/α-hetero) is 1. The molecule has 0 aliphatic carbocycles. The summed E-state index contributed by atoms with van der Waals surface area (Å²) in [4.78, 5) is 10.4. The predicted octanol–water partition coefficient (Wildman–Crippen LogP) is -1.78. The van der Waals surface area contributed by atoms with Gasteiger partial charge in [-0.15, -0.1) is 0 Å². The van der Waals surface area contributed by atoms with Gasteiger partial charge in [0, 0.05) is 6.54 Å². The van der Waals surface area contributed by atoms with Crippen molar-refractivity contribution < 1.29 is 9.90 Å². The Labute approximate surface area is 53.8 Å². The lowest BCUT2D eigenvalue weighted by Gasteiger charge is -2.12. The Kier molecular flexibility index (Phi) is 3.37. The van der Waals surface area contributed by atoms with Gasteiger partial charge in [-0.2, -0.15) is 0 Å². The summed E-state index contributed by atoms with van der Waals surface area (Å²) in [5.41, 5.74) is 10.2. The zero-order valence-corrected chi connectivity index (χ0v) is 5.37. The summed E-state index contributed by atoms with van der Waals surface area (Å²) in [5.74, 6) is -0.243. The van der Waals surface area contributed by atoms with E-state index in [4.69, 9.17) is 16.6 Å². The Hall–Kier alpha value is -0.450. The number of nitrogens with two attached hydrogens (primary N) is 2. The third kappa shape index (κ3) is 2.55. The molecule has 0 aliphatic heterocycles. The Bertz CT molecular complexity index is 105. The lowest BCUT2D eigenvalue weighted by molar-refractivity contribution is -0.120. The van der Waals surface area contributed by atoms with Gasteiger partial charge in [0.1, 0.15) is 5.78 Å². The molecule has 0 fully saturated rings. The standard InChI is InChI=1S/C5H12N2O2/c1-3(8)5(7)4(9)2-6/h4-5,9H,2,6-7H2,1H3/t4-,5?/m0/s1. The third-order valence-electron chi connectivity index (χ3n) is 1.13. The van der Waals surface area contributed by atoms with Crippen LogP contribution in [-0.4, -0.2) is 29.6 Å². The number of hydrogen-bond acceptors (Lipinski definition) is 4. The monoisotopic (exact) mass is 132 g/mol. The maximum absolute atomic E-state index is 10.4. The highest BCUT2D eigenvalue weighted by atomic mass is 16.3. The summed E-state index contributed by atoms with van der Waals surface area (Å²) in [6.07, 6.45) is -0.900. The first-order valence-corrected chi connectivity index (χ1v) is 2.73. The maximum atomic E-state index is 10.4. The van der Waals surface area contributed by atoms with E-state index < -0.39 is 12.1 Å². The van der Waals surface area contributed by atoms with E-state index in [1.165, 1.54) is 6.92 Å². The topological polar surface area (TPSA) is 89.3 Å². The number of ketones is 1. The molecule has 0 saturated heterocycles. The summed E-state index contributed by atoms with van der Waals surface area (Å²) in [7, 11) is 0. The van der Waals surface area contributed by atoms with Crippen molar-refractivity contribution in [3.8, 4) is 0 Å². The number of carbonyl (C=O) groups is 1. The molecule has 0 aromatic rings. The van der Waals surface area contributed by atoms with Gasteiger partial charge in [-0.3, -0.25) is 4.79 Å². The van der Waals surface area contributed by atoms with Crippen molar-refractivity contribution >= 4 is 5.78 Å². The quantitative estimate of drug-likeness (QED) is 0.423. The fourth-order valence-electron chi connectivity index (χ4n) is 0.418. The average Bonchev–Trinajstić information content (AvgIpc) is 1.84. The lowest BCUT2D eigenvalue weighted by Crippen LogP contribution is -2.44. The van der Waals surface area contributed by atoms with Crippen LogP contribution in [0.5, 0.6) is 0 Å². The summed E-state index contributed by atoms with van der Waals surface area (Å²) in [6, 6.07) is -0.824. The van der Waals surface area contributed by atoms with E-state index in [0.717, 1.165) is 0 Å². The first-order valence-electron chi connectivity index (χ1n) is 2.73. The molecule has 9 heavy (non-hydrogen) atoms. The first kappa shape index (κ1) is 8.55. The molecule has 5 N–H and O–H groups in total. The minimum Gasteiger partial charge on any atom is -0.390 e. The van der Waals surface area contributed by atoms with Crippen molar-refractivity contribution in [3.05, 3.63) is 0 Å². The van der Waals surface area contributed by atoms with Crippen molar-refractivity contribution in [2.75, 3.05) is 6.54 Å². The molecule has 0 rings (SSSR count). The Balaban J connectivity index is 3.72. The minimum absolute atomic E-state index is 0.0285. The number of hydrogen-bond donors (Lipinski definition) is 3. The number of aliphatic hydroxyl groups excluding tert-OH is 1. The largest absolute Gasteiger partial charge is 0.390 e. The summed E-state index contributed by atoms with van der Waals surface area (Å²) in [6.45, 7) is 1.35. The van der Waals surface area contributed by atoms with Crippen LogP contribution in [0, 0.1) is 0 Å². The van der Waals surface area contributed by atoms with Crippen molar-refractivity contribution in [3.63, 3.8) is 0 Å². The van der Waals surface area contributed by atoms with E-state index in [1.54, 1.807) is 0 Å². The van der Waals surface area contributed by atoms with Gasteiger partial charge in [-0.1, -0.05) is 0 Å². The fraction of sp³-hybridized carbons (Fsp3) is 0.800. The number of rotatable bonds is 3. The van der Waals surface area contributed by atoms with Gasteiger partial charge in [-0.25, -0.2) is 0 Å². The van der Waals surface area contributed by atoms with E-state index in [0.29, 0.717) is 0 Å². The normalized spacial score (nSPS) is 16.9. The highest BCUT2D eigenvalue weighted by Crippen LogP contribution is 1.87.